The number of primary amides is 1. The number of anilines is 1. The molecular weight excluding hydrogens is 356 g/mol. The van der Waals surface area contributed by atoms with Gasteiger partial charge in [0.15, 0.2) is 0 Å². The molecule has 1 saturated heterocycles. The molecule has 5 nitrogen and oxygen atoms in total. The maximum Gasteiger partial charge on any atom is 0.248 e. The quantitative estimate of drug-likeness (QED) is 0.714. The van der Waals surface area contributed by atoms with Crippen LogP contribution in [0.5, 0.6) is 0 Å². The lowest BCUT2D eigenvalue weighted by molar-refractivity contribution is 0.100. The smallest absolute Gasteiger partial charge is 0.248 e. The molecule has 1 amide bonds. The van der Waals surface area contributed by atoms with E-state index in [-0.39, 0.29) is 5.91 Å². The fourth-order valence-electron chi connectivity index (χ4n) is 3.63. The molecule has 2 heterocycles. The Balaban J connectivity index is 1.25. The van der Waals surface area contributed by atoms with Gasteiger partial charge in [-0.2, -0.15) is 4.37 Å². The first kappa shape index (κ1) is 17.9. The molecule has 4 rings (SSSR count). The largest absolute Gasteiger partial charge is 0.366 e. The lowest BCUT2D eigenvalue weighted by atomic mass is 10.1. The molecule has 1 fully saturated rings. The second kappa shape index (κ2) is 8.06. The summed E-state index contributed by atoms with van der Waals surface area (Å²) in [4.78, 5) is 16.1. The van der Waals surface area contributed by atoms with Crippen molar-refractivity contribution in [1.29, 1.82) is 0 Å². The van der Waals surface area contributed by atoms with Gasteiger partial charge in [-0.1, -0.05) is 24.3 Å². The molecule has 0 atom stereocenters. The minimum Gasteiger partial charge on any atom is -0.366 e. The molecule has 1 aliphatic rings. The van der Waals surface area contributed by atoms with Crippen LogP contribution in [0, 0.1) is 0 Å². The van der Waals surface area contributed by atoms with Crippen LogP contribution in [0.3, 0.4) is 0 Å². The number of benzene rings is 2. The minimum atomic E-state index is -0.368. The number of carbonyl (C=O) groups excluding carboxylic acids is 1. The molecule has 27 heavy (non-hydrogen) atoms. The van der Waals surface area contributed by atoms with Crippen LogP contribution in [0.1, 0.15) is 22.3 Å². The van der Waals surface area contributed by atoms with Gasteiger partial charge in [0, 0.05) is 37.1 Å². The summed E-state index contributed by atoms with van der Waals surface area (Å²) in [5, 5.41) is 1.27. The first-order valence-corrected chi connectivity index (χ1v) is 10.2. The SMILES string of the molecule is NC(=O)c1ccc(CCCN2CCN(c3nsc4ccccc34)CC2)cc1. The zero-order valence-electron chi connectivity index (χ0n) is 15.3. The number of rotatable bonds is 6. The van der Waals surface area contributed by atoms with E-state index in [0.29, 0.717) is 5.56 Å². The summed E-state index contributed by atoms with van der Waals surface area (Å²) < 4.78 is 5.94. The Kier molecular flexibility index (Phi) is 5.36. The highest BCUT2D eigenvalue weighted by atomic mass is 32.1. The number of carbonyl (C=O) groups is 1. The molecule has 0 bridgehead atoms. The summed E-state index contributed by atoms with van der Waals surface area (Å²) in [5.41, 5.74) is 7.12. The van der Waals surface area contributed by atoms with Crippen molar-refractivity contribution in [3.8, 4) is 0 Å². The monoisotopic (exact) mass is 380 g/mol. The Bertz CT molecular complexity index is 913. The number of amides is 1. The molecule has 6 heteroatoms. The molecule has 0 radical (unpaired) electrons. The van der Waals surface area contributed by atoms with Crippen LogP contribution >= 0.6 is 11.5 Å². The molecule has 2 N–H and O–H groups in total. The van der Waals surface area contributed by atoms with Crippen molar-refractivity contribution in [2.24, 2.45) is 5.73 Å². The third-order valence-electron chi connectivity index (χ3n) is 5.21. The Morgan fingerprint density at radius 1 is 1.04 bits per heavy atom. The van der Waals surface area contributed by atoms with E-state index in [2.05, 4.69) is 38.4 Å². The molecule has 2 aromatic carbocycles. The number of hydrogen-bond donors (Lipinski definition) is 1. The van der Waals surface area contributed by atoms with Crippen molar-refractivity contribution in [1.82, 2.24) is 9.27 Å². The van der Waals surface area contributed by atoms with Gasteiger partial charge in [-0.05, 0) is 60.7 Å². The van der Waals surface area contributed by atoms with Crippen molar-refractivity contribution >= 4 is 33.3 Å². The average Bonchev–Trinajstić information content (AvgIpc) is 3.13. The van der Waals surface area contributed by atoms with Gasteiger partial charge in [-0.3, -0.25) is 9.69 Å². The van der Waals surface area contributed by atoms with Gasteiger partial charge >= 0.3 is 0 Å². The highest BCUT2D eigenvalue weighted by molar-refractivity contribution is 7.13. The van der Waals surface area contributed by atoms with E-state index in [0.717, 1.165) is 51.4 Å². The Labute approximate surface area is 163 Å². The topological polar surface area (TPSA) is 62.5 Å². The number of aromatic nitrogens is 1. The lowest BCUT2D eigenvalue weighted by Gasteiger charge is -2.35. The van der Waals surface area contributed by atoms with E-state index in [9.17, 15) is 4.79 Å². The molecule has 1 aromatic heterocycles. The Morgan fingerprint density at radius 2 is 1.78 bits per heavy atom. The molecule has 3 aromatic rings. The summed E-state index contributed by atoms with van der Waals surface area (Å²) in [6, 6.07) is 16.1. The molecule has 0 spiro atoms. The number of hydrogen-bond acceptors (Lipinski definition) is 5. The number of nitrogens with two attached hydrogens (primary N) is 1. The first-order valence-electron chi connectivity index (χ1n) is 9.41. The van der Waals surface area contributed by atoms with Crippen LogP contribution in [0.15, 0.2) is 48.5 Å². The summed E-state index contributed by atoms with van der Waals surface area (Å²) in [7, 11) is 0. The third-order valence-corrected chi connectivity index (χ3v) is 6.03. The van der Waals surface area contributed by atoms with Crippen molar-refractivity contribution in [2.75, 3.05) is 37.6 Å². The molecule has 1 aliphatic heterocycles. The Morgan fingerprint density at radius 3 is 2.52 bits per heavy atom. The number of nitrogens with zero attached hydrogens (tertiary/aromatic N) is 3. The normalized spacial score (nSPS) is 15.3. The number of aryl methyl sites for hydroxylation is 1. The minimum absolute atomic E-state index is 0.368. The van der Waals surface area contributed by atoms with E-state index >= 15 is 0 Å². The standard InChI is InChI=1S/C21H24N4OS/c22-20(26)17-9-7-16(8-10-17)4-3-11-24-12-14-25(15-13-24)21-18-5-1-2-6-19(18)27-23-21/h1-2,5-10H,3-4,11-15H2,(H2,22,26). The van der Waals surface area contributed by atoms with Gasteiger partial charge in [0.1, 0.15) is 5.82 Å². The van der Waals surface area contributed by atoms with E-state index in [1.54, 1.807) is 11.5 Å². The van der Waals surface area contributed by atoms with Crippen LogP contribution in [-0.2, 0) is 6.42 Å². The highest BCUT2D eigenvalue weighted by Crippen LogP contribution is 2.29. The van der Waals surface area contributed by atoms with Crippen molar-refractivity contribution in [2.45, 2.75) is 12.8 Å². The van der Waals surface area contributed by atoms with E-state index in [1.807, 2.05) is 24.3 Å². The first-order chi connectivity index (χ1) is 13.2. The number of fused-ring (bicyclic) bond motifs is 1. The zero-order chi connectivity index (χ0) is 18.6. The number of piperazine rings is 1. The summed E-state index contributed by atoms with van der Waals surface area (Å²) >= 11 is 1.59. The van der Waals surface area contributed by atoms with Crippen LogP contribution in [0.4, 0.5) is 5.82 Å². The average molecular weight is 381 g/mol. The fourth-order valence-corrected chi connectivity index (χ4v) is 4.42. The second-order valence-corrected chi connectivity index (χ2v) is 7.80. The zero-order valence-corrected chi connectivity index (χ0v) is 16.1. The van der Waals surface area contributed by atoms with Crippen LogP contribution in [-0.4, -0.2) is 47.9 Å². The summed E-state index contributed by atoms with van der Waals surface area (Å²) in [6.07, 6.45) is 2.14. The molecule has 0 unspecified atom stereocenters. The van der Waals surface area contributed by atoms with Crippen LogP contribution in [0.2, 0.25) is 0 Å². The van der Waals surface area contributed by atoms with E-state index < -0.39 is 0 Å². The summed E-state index contributed by atoms with van der Waals surface area (Å²) in [6.45, 7) is 5.31. The Hall–Kier alpha value is -2.44. The second-order valence-electron chi connectivity index (χ2n) is 7.00. The van der Waals surface area contributed by atoms with Crippen molar-refractivity contribution < 1.29 is 4.79 Å². The predicted molar refractivity (Wildman–Crippen MR) is 112 cm³/mol. The van der Waals surface area contributed by atoms with Gasteiger partial charge in [0.25, 0.3) is 0 Å². The van der Waals surface area contributed by atoms with Gasteiger partial charge in [-0.25, -0.2) is 0 Å². The molecule has 0 aliphatic carbocycles. The fraction of sp³-hybridized carbons (Fsp3) is 0.333. The lowest BCUT2D eigenvalue weighted by Crippen LogP contribution is -2.46. The third kappa shape index (κ3) is 4.12. The van der Waals surface area contributed by atoms with Crippen LogP contribution < -0.4 is 10.6 Å². The van der Waals surface area contributed by atoms with Gasteiger partial charge in [0.05, 0.1) is 4.70 Å². The van der Waals surface area contributed by atoms with Gasteiger partial charge in [-0.15, -0.1) is 0 Å². The molecular formula is C21H24N4OS. The van der Waals surface area contributed by atoms with Gasteiger partial charge in [0.2, 0.25) is 5.91 Å². The van der Waals surface area contributed by atoms with Gasteiger partial charge < -0.3 is 10.6 Å². The van der Waals surface area contributed by atoms with E-state index in [4.69, 9.17) is 5.73 Å². The highest BCUT2D eigenvalue weighted by Gasteiger charge is 2.20. The predicted octanol–water partition coefficient (Wildman–Crippen LogP) is 3.15. The molecule has 140 valence electrons. The maximum atomic E-state index is 11.1. The van der Waals surface area contributed by atoms with E-state index in [1.165, 1.54) is 15.6 Å². The molecule has 0 saturated carbocycles. The van der Waals surface area contributed by atoms with Crippen molar-refractivity contribution in [3.63, 3.8) is 0 Å². The van der Waals surface area contributed by atoms with Crippen LogP contribution in [0.25, 0.3) is 10.1 Å². The van der Waals surface area contributed by atoms with Crippen molar-refractivity contribution in [3.05, 3.63) is 59.7 Å². The summed E-state index contributed by atoms with van der Waals surface area (Å²) in [5.74, 6) is 0.775. The maximum absolute atomic E-state index is 11.1.